The van der Waals surface area contributed by atoms with E-state index in [2.05, 4.69) is 4.18 Å². The molecule has 0 N–H and O–H groups in total. The standard InChI is InChI=1S/C6H12O3S/c1-3-4-5-6-9-10(2,7)8/h4-5H,3,6H2,1-2H3/b5-4-. The summed E-state index contributed by atoms with van der Waals surface area (Å²) in [6.45, 7) is 2.11. The summed E-state index contributed by atoms with van der Waals surface area (Å²) in [6.07, 6.45) is 5.46. The maximum absolute atomic E-state index is 10.3. The van der Waals surface area contributed by atoms with Crippen LogP contribution in [0.15, 0.2) is 12.2 Å². The maximum atomic E-state index is 10.3. The van der Waals surface area contributed by atoms with E-state index < -0.39 is 10.1 Å². The van der Waals surface area contributed by atoms with Crippen molar-refractivity contribution >= 4 is 10.1 Å². The molecule has 0 rings (SSSR count). The van der Waals surface area contributed by atoms with Gasteiger partial charge in [-0.25, -0.2) is 0 Å². The van der Waals surface area contributed by atoms with E-state index in [1.807, 2.05) is 13.0 Å². The Morgan fingerprint density at radius 1 is 1.40 bits per heavy atom. The molecule has 0 atom stereocenters. The predicted octanol–water partition coefficient (Wildman–Crippen LogP) is 0.929. The highest BCUT2D eigenvalue weighted by Crippen LogP contribution is 1.87. The van der Waals surface area contributed by atoms with Crippen LogP contribution in [-0.2, 0) is 14.3 Å². The Hall–Kier alpha value is -0.350. The van der Waals surface area contributed by atoms with Crippen LogP contribution in [0.2, 0.25) is 0 Å². The number of allylic oxidation sites excluding steroid dienone is 1. The van der Waals surface area contributed by atoms with E-state index in [0.29, 0.717) is 0 Å². The quantitative estimate of drug-likeness (QED) is 0.458. The van der Waals surface area contributed by atoms with E-state index >= 15 is 0 Å². The fourth-order valence-corrected chi connectivity index (χ4v) is 0.723. The van der Waals surface area contributed by atoms with Crippen LogP contribution in [0.1, 0.15) is 13.3 Å². The molecule has 0 aliphatic carbocycles. The lowest BCUT2D eigenvalue weighted by Crippen LogP contribution is -2.01. The smallest absolute Gasteiger partial charge is 0.264 e. The van der Waals surface area contributed by atoms with Crippen molar-refractivity contribution in [3.8, 4) is 0 Å². The predicted molar refractivity (Wildman–Crippen MR) is 40.2 cm³/mol. The Balaban J connectivity index is 3.48. The molecule has 0 saturated heterocycles. The third-order valence-electron chi connectivity index (χ3n) is 0.781. The molecule has 0 radical (unpaired) electrons. The van der Waals surface area contributed by atoms with Gasteiger partial charge in [-0.1, -0.05) is 19.1 Å². The lowest BCUT2D eigenvalue weighted by atomic mass is 10.4. The van der Waals surface area contributed by atoms with Crippen LogP contribution < -0.4 is 0 Å². The minimum Gasteiger partial charge on any atom is -0.266 e. The van der Waals surface area contributed by atoms with E-state index in [9.17, 15) is 8.42 Å². The zero-order valence-corrected chi connectivity index (χ0v) is 7.02. The molecule has 0 aliphatic heterocycles. The topological polar surface area (TPSA) is 43.4 Å². The number of rotatable bonds is 4. The Kier molecular flexibility index (Phi) is 4.31. The summed E-state index contributed by atoms with van der Waals surface area (Å²) in [5, 5.41) is 0. The zero-order valence-electron chi connectivity index (χ0n) is 6.20. The molecule has 0 unspecified atom stereocenters. The molecule has 10 heavy (non-hydrogen) atoms. The summed E-state index contributed by atoms with van der Waals surface area (Å²) in [4.78, 5) is 0. The Labute approximate surface area is 61.8 Å². The molecule has 3 nitrogen and oxygen atoms in total. The van der Waals surface area contributed by atoms with Crippen molar-refractivity contribution < 1.29 is 12.6 Å². The van der Waals surface area contributed by atoms with Gasteiger partial charge in [-0.05, 0) is 6.42 Å². The zero-order chi connectivity index (χ0) is 8.04. The molecule has 0 aliphatic rings. The van der Waals surface area contributed by atoms with Gasteiger partial charge in [0, 0.05) is 0 Å². The molecule has 4 heteroatoms. The van der Waals surface area contributed by atoms with Crippen molar-refractivity contribution in [1.82, 2.24) is 0 Å². The highest BCUT2D eigenvalue weighted by atomic mass is 32.2. The van der Waals surface area contributed by atoms with Gasteiger partial charge in [0.2, 0.25) is 0 Å². The minimum atomic E-state index is -3.26. The van der Waals surface area contributed by atoms with Crippen molar-refractivity contribution in [3.05, 3.63) is 12.2 Å². The van der Waals surface area contributed by atoms with Crippen molar-refractivity contribution in [1.29, 1.82) is 0 Å². The number of hydrogen-bond donors (Lipinski definition) is 0. The summed E-state index contributed by atoms with van der Waals surface area (Å²) in [5.41, 5.74) is 0. The van der Waals surface area contributed by atoms with Crippen molar-refractivity contribution in [2.45, 2.75) is 13.3 Å². The van der Waals surface area contributed by atoms with E-state index in [1.165, 1.54) is 0 Å². The lowest BCUT2D eigenvalue weighted by Gasteiger charge is -1.93. The van der Waals surface area contributed by atoms with Crippen molar-refractivity contribution in [3.63, 3.8) is 0 Å². The normalized spacial score (nSPS) is 12.6. The molecule has 0 fully saturated rings. The first-order valence-corrected chi connectivity index (χ1v) is 4.87. The second-order valence-electron chi connectivity index (χ2n) is 1.87. The molecule has 0 aromatic carbocycles. The second kappa shape index (κ2) is 4.46. The molecule has 0 bridgehead atoms. The van der Waals surface area contributed by atoms with Crippen LogP contribution in [0.3, 0.4) is 0 Å². The van der Waals surface area contributed by atoms with E-state index in [1.54, 1.807) is 6.08 Å². The molecular weight excluding hydrogens is 152 g/mol. The fourth-order valence-electron chi connectivity index (χ4n) is 0.398. The maximum Gasteiger partial charge on any atom is 0.264 e. The Morgan fingerprint density at radius 3 is 2.40 bits per heavy atom. The summed E-state index contributed by atoms with van der Waals surface area (Å²) < 4.78 is 25.1. The average molecular weight is 164 g/mol. The monoisotopic (exact) mass is 164 g/mol. The summed E-state index contributed by atoms with van der Waals surface area (Å²) in [5.74, 6) is 0. The van der Waals surface area contributed by atoms with E-state index in [0.717, 1.165) is 12.7 Å². The molecule has 0 saturated carbocycles. The Bertz CT molecular complexity index is 191. The molecule has 0 aromatic rings. The van der Waals surface area contributed by atoms with Crippen LogP contribution in [0.25, 0.3) is 0 Å². The van der Waals surface area contributed by atoms with Crippen LogP contribution in [-0.4, -0.2) is 21.3 Å². The molecule has 0 amide bonds. The van der Waals surface area contributed by atoms with Gasteiger partial charge in [0.05, 0.1) is 12.9 Å². The first-order chi connectivity index (χ1) is 4.56. The van der Waals surface area contributed by atoms with Gasteiger partial charge in [0.25, 0.3) is 10.1 Å². The molecule has 0 heterocycles. The van der Waals surface area contributed by atoms with Gasteiger partial charge in [-0.15, -0.1) is 0 Å². The Morgan fingerprint density at radius 2 is 2.00 bits per heavy atom. The molecular formula is C6H12O3S. The van der Waals surface area contributed by atoms with Gasteiger partial charge in [-0.2, -0.15) is 8.42 Å². The van der Waals surface area contributed by atoms with Crippen LogP contribution in [0.5, 0.6) is 0 Å². The minimum absolute atomic E-state index is 0.146. The molecule has 0 spiro atoms. The SMILES string of the molecule is CC/C=C\COS(C)(=O)=O. The van der Waals surface area contributed by atoms with E-state index in [-0.39, 0.29) is 6.61 Å². The lowest BCUT2D eigenvalue weighted by molar-refractivity contribution is 0.361. The third-order valence-corrected chi connectivity index (χ3v) is 1.34. The van der Waals surface area contributed by atoms with Gasteiger partial charge in [0.15, 0.2) is 0 Å². The first-order valence-electron chi connectivity index (χ1n) is 3.05. The highest BCUT2D eigenvalue weighted by Gasteiger charge is 1.96. The number of hydrogen-bond acceptors (Lipinski definition) is 3. The van der Waals surface area contributed by atoms with E-state index in [4.69, 9.17) is 0 Å². The van der Waals surface area contributed by atoms with Crippen molar-refractivity contribution in [2.75, 3.05) is 12.9 Å². The molecule has 0 aromatic heterocycles. The van der Waals surface area contributed by atoms with Gasteiger partial charge in [-0.3, -0.25) is 4.18 Å². The van der Waals surface area contributed by atoms with Gasteiger partial charge in [0.1, 0.15) is 0 Å². The van der Waals surface area contributed by atoms with Crippen LogP contribution in [0.4, 0.5) is 0 Å². The summed E-state index contributed by atoms with van der Waals surface area (Å²) in [7, 11) is -3.26. The fraction of sp³-hybridized carbons (Fsp3) is 0.667. The largest absolute Gasteiger partial charge is 0.266 e. The van der Waals surface area contributed by atoms with Gasteiger partial charge < -0.3 is 0 Å². The first kappa shape index (κ1) is 9.65. The summed E-state index contributed by atoms with van der Waals surface area (Å²) >= 11 is 0. The van der Waals surface area contributed by atoms with Gasteiger partial charge >= 0.3 is 0 Å². The second-order valence-corrected chi connectivity index (χ2v) is 3.51. The van der Waals surface area contributed by atoms with Crippen LogP contribution in [0, 0.1) is 0 Å². The molecule has 60 valence electrons. The third kappa shape index (κ3) is 7.65. The highest BCUT2D eigenvalue weighted by molar-refractivity contribution is 7.85. The summed E-state index contributed by atoms with van der Waals surface area (Å²) in [6, 6.07) is 0. The van der Waals surface area contributed by atoms with Crippen molar-refractivity contribution in [2.24, 2.45) is 0 Å². The average Bonchev–Trinajstić information content (AvgIpc) is 1.78. The van der Waals surface area contributed by atoms with Crippen LogP contribution >= 0.6 is 0 Å².